The van der Waals surface area contributed by atoms with Gasteiger partial charge in [0.15, 0.2) is 0 Å². The summed E-state index contributed by atoms with van der Waals surface area (Å²) in [5.41, 5.74) is 7.36. The van der Waals surface area contributed by atoms with Gasteiger partial charge < -0.3 is 31.9 Å². The van der Waals surface area contributed by atoms with E-state index in [-0.39, 0.29) is 35.8 Å². The van der Waals surface area contributed by atoms with Gasteiger partial charge >= 0.3 is 6.03 Å². The van der Waals surface area contributed by atoms with E-state index >= 15 is 0 Å². The monoisotopic (exact) mass is 527 g/mol. The molecule has 0 saturated carbocycles. The highest BCUT2D eigenvalue weighted by Crippen LogP contribution is 2.27. The van der Waals surface area contributed by atoms with Crippen molar-refractivity contribution in [2.75, 3.05) is 17.2 Å². The highest BCUT2D eigenvalue weighted by Gasteiger charge is 2.21. The molecule has 0 aliphatic rings. The number of phenols is 1. The lowest BCUT2D eigenvalue weighted by Gasteiger charge is -2.28. The number of aliphatic hydroxyl groups excluding tert-OH is 1. The molecule has 3 aromatic carbocycles. The summed E-state index contributed by atoms with van der Waals surface area (Å²) in [6.07, 6.45) is 1.68. The predicted molar refractivity (Wildman–Crippen MR) is 153 cm³/mol. The highest BCUT2D eigenvalue weighted by atomic mass is 16.3. The number of aromatic hydroxyl groups is 1. The molecule has 9 nitrogen and oxygen atoms in total. The van der Waals surface area contributed by atoms with E-state index in [1.807, 2.05) is 68.4 Å². The third-order valence-electron chi connectivity index (χ3n) is 6.37. The second-order valence-corrected chi connectivity index (χ2v) is 10.1. The van der Waals surface area contributed by atoms with Crippen molar-refractivity contribution in [3.8, 4) is 5.75 Å². The molecule has 0 unspecified atom stereocenters. The molecule has 1 atom stereocenters. The van der Waals surface area contributed by atoms with Crippen molar-refractivity contribution in [1.29, 1.82) is 0 Å². The molecule has 0 radical (unpaired) electrons. The van der Waals surface area contributed by atoms with Crippen LogP contribution in [-0.2, 0) is 17.6 Å². The Morgan fingerprint density at radius 2 is 1.74 bits per heavy atom. The highest BCUT2D eigenvalue weighted by molar-refractivity contribution is 6.00. The van der Waals surface area contributed by atoms with Gasteiger partial charge in [-0.2, -0.15) is 0 Å². The molecular weight excluding hydrogens is 494 g/mol. The fraction of sp³-hybridized carbons (Fsp3) is 0.233. The molecule has 0 fully saturated rings. The van der Waals surface area contributed by atoms with Crippen molar-refractivity contribution in [2.24, 2.45) is 5.73 Å². The van der Waals surface area contributed by atoms with Gasteiger partial charge in [0.25, 0.3) is 0 Å². The number of rotatable bonds is 10. The summed E-state index contributed by atoms with van der Waals surface area (Å²) in [6.45, 7) is 4.30. The number of fused-ring (bicyclic) bond motifs is 1. The van der Waals surface area contributed by atoms with Crippen LogP contribution in [0.4, 0.5) is 16.3 Å². The van der Waals surface area contributed by atoms with E-state index in [1.54, 1.807) is 12.3 Å². The molecule has 39 heavy (non-hydrogen) atoms. The van der Waals surface area contributed by atoms with Crippen LogP contribution in [0.1, 0.15) is 36.6 Å². The van der Waals surface area contributed by atoms with Gasteiger partial charge in [-0.1, -0.05) is 54.6 Å². The number of primary amides is 1. The normalized spacial score (nSPS) is 12.2. The molecule has 4 aromatic rings. The fourth-order valence-corrected chi connectivity index (χ4v) is 4.49. The van der Waals surface area contributed by atoms with Crippen molar-refractivity contribution in [3.63, 3.8) is 0 Å². The van der Waals surface area contributed by atoms with E-state index in [0.717, 1.165) is 21.9 Å². The number of nitrogens with zero attached hydrogens (tertiary/aromatic N) is 1. The quantitative estimate of drug-likeness (QED) is 0.170. The summed E-state index contributed by atoms with van der Waals surface area (Å²) in [5, 5.41) is 31.1. The molecule has 202 valence electrons. The predicted octanol–water partition coefficient (Wildman–Crippen LogP) is 4.26. The van der Waals surface area contributed by atoms with Gasteiger partial charge in [0.1, 0.15) is 11.6 Å². The standard InChI is InChI=1S/C30H33N5O4/c1-30(2,33-18-26(37)22-10-11-25(36)24(16-22)34-29(31)39)17-20-7-5-6-19(14-20)15-27(38)35-28-23-9-4-3-8-21(23)12-13-32-28/h3-14,16,26,33,36-37H,15,17-18H2,1-2H3,(H3,31,34,39)(H,32,35,38)/t26-/m0/s1. The van der Waals surface area contributed by atoms with Crippen molar-refractivity contribution >= 4 is 34.2 Å². The summed E-state index contributed by atoms with van der Waals surface area (Å²) in [4.78, 5) is 28.3. The Labute approximate surface area is 227 Å². The Morgan fingerprint density at radius 3 is 2.54 bits per heavy atom. The van der Waals surface area contributed by atoms with Crippen LogP contribution in [0.3, 0.4) is 0 Å². The molecule has 0 spiro atoms. The van der Waals surface area contributed by atoms with Crippen molar-refractivity contribution in [2.45, 2.75) is 38.3 Å². The van der Waals surface area contributed by atoms with E-state index in [4.69, 9.17) is 5.73 Å². The number of aromatic nitrogens is 1. The number of anilines is 2. The van der Waals surface area contributed by atoms with Crippen LogP contribution < -0.4 is 21.7 Å². The van der Waals surface area contributed by atoms with Gasteiger partial charge in [-0.15, -0.1) is 0 Å². The Hall–Kier alpha value is -4.47. The first-order valence-corrected chi connectivity index (χ1v) is 12.6. The molecule has 0 aliphatic heterocycles. The van der Waals surface area contributed by atoms with Gasteiger partial charge in [-0.05, 0) is 60.5 Å². The zero-order valence-corrected chi connectivity index (χ0v) is 21.9. The average Bonchev–Trinajstić information content (AvgIpc) is 2.88. The maximum atomic E-state index is 12.8. The van der Waals surface area contributed by atoms with Gasteiger partial charge in [-0.25, -0.2) is 9.78 Å². The number of amides is 3. The summed E-state index contributed by atoms with van der Waals surface area (Å²) in [5.74, 6) is 0.264. The van der Waals surface area contributed by atoms with E-state index in [0.29, 0.717) is 17.8 Å². The third kappa shape index (κ3) is 7.53. The molecular formula is C30H33N5O4. The average molecular weight is 528 g/mol. The SMILES string of the molecule is CC(C)(Cc1cccc(CC(=O)Nc2nccc3ccccc23)c1)NC[C@H](O)c1ccc(O)c(NC(N)=O)c1. The molecule has 7 N–H and O–H groups in total. The number of hydrogen-bond acceptors (Lipinski definition) is 6. The van der Waals surface area contributed by atoms with Gasteiger partial charge in [0.05, 0.1) is 18.2 Å². The van der Waals surface area contributed by atoms with Crippen LogP contribution in [0.5, 0.6) is 5.75 Å². The topological polar surface area (TPSA) is 150 Å². The summed E-state index contributed by atoms with van der Waals surface area (Å²) in [7, 11) is 0. The van der Waals surface area contributed by atoms with Crippen LogP contribution in [0.25, 0.3) is 10.8 Å². The van der Waals surface area contributed by atoms with Gasteiger partial charge in [0, 0.05) is 23.7 Å². The number of benzene rings is 3. The summed E-state index contributed by atoms with van der Waals surface area (Å²) >= 11 is 0. The fourth-order valence-electron chi connectivity index (χ4n) is 4.49. The van der Waals surface area contributed by atoms with Crippen LogP contribution in [-0.4, -0.2) is 39.2 Å². The molecule has 9 heteroatoms. The largest absolute Gasteiger partial charge is 0.506 e. The van der Waals surface area contributed by atoms with Crippen LogP contribution >= 0.6 is 0 Å². The van der Waals surface area contributed by atoms with Crippen molar-refractivity contribution in [1.82, 2.24) is 10.3 Å². The van der Waals surface area contributed by atoms with E-state index in [9.17, 15) is 19.8 Å². The number of aliphatic hydroxyl groups is 1. The van der Waals surface area contributed by atoms with Crippen LogP contribution in [0.2, 0.25) is 0 Å². The summed E-state index contributed by atoms with van der Waals surface area (Å²) in [6, 6.07) is 21.2. The number of urea groups is 1. The smallest absolute Gasteiger partial charge is 0.316 e. The number of carbonyl (C=O) groups is 2. The van der Waals surface area contributed by atoms with Crippen molar-refractivity contribution < 1.29 is 19.8 Å². The number of phenolic OH excluding ortho intramolecular Hbond substituents is 1. The summed E-state index contributed by atoms with van der Waals surface area (Å²) < 4.78 is 0. The van der Waals surface area contributed by atoms with Crippen molar-refractivity contribution in [3.05, 3.63) is 95.7 Å². The van der Waals surface area contributed by atoms with E-state index in [1.165, 1.54) is 12.1 Å². The number of hydrogen-bond donors (Lipinski definition) is 6. The second kappa shape index (κ2) is 11.9. The number of nitrogens with two attached hydrogens (primary N) is 1. The van der Waals surface area contributed by atoms with E-state index in [2.05, 4.69) is 20.9 Å². The Balaban J connectivity index is 1.35. The molecule has 3 amide bonds. The molecule has 0 bridgehead atoms. The maximum Gasteiger partial charge on any atom is 0.316 e. The lowest BCUT2D eigenvalue weighted by Crippen LogP contribution is -2.43. The molecule has 1 heterocycles. The molecule has 4 rings (SSSR count). The first-order chi connectivity index (χ1) is 18.6. The maximum absolute atomic E-state index is 12.8. The van der Waals surface area contributed by atoms with Crippen LogP contribution in [0, 0.1) is 0 Å². The van der Waals surface area contributed by atoms with E-state index < -0.39 is 12.1 Å². The zero-order valence-electron chi connectivity index (χ0n) is 21.9. The minimum Gasteiger partial charge on any atom is -0.506 e. The first kappa shape index (κ1) is 27.6. The zero-order chi connectivity index (χ0) is 28.0. The number of nitrogens with one attached hydrogen (secondary N) is 3. The Morgan fingerprint density at radius 1 is 0.974 bits per heavy atom. The van der Waals surface area contributed by atoms with Crippen LogP contribution in [0.15, 0.2) is 79.0 Å². The number of pyridine rings is 1. The number of carbonyl (C=O) groups excluding carboxylic acids is 2. The molecule has 1 aromatic heterocycles. The van der Waals surface area contributed by atoms with Gasteiger partial charge in [0.2, 0.25) is 5.91 Å². The lowest BCUT2D eigenvalue weighted by molar-refractivity contribution is -0.115. The molecule has 0 aliphatic carbocycles. The first-order valence-electron chi connectivity index (χ1n) is 12.6. The minimum atomic E-state index is -0.879. The lowest BCUT2D eigenvalue weighted by atomic mass is 9.93. The molecule has 0 saturated heterocycles. The number of β-amino-alcohol motifs (C(OH)–C–C–N with tert-alkyl or cyclic N) is 1. The Kier molecular flexibility index (Phi) is 8.43. The third-order valence-corrected chi connectivity index (χ3v) is 6.37. The Bertz CT molecular complexity index is 1480. The minimum absolute atomic E-state index is 0.135. The van der Waals surface area contributed by atoms with Gasteiger partial charge in [-0.3, -0.25) is 4.79 Å². The second-order valence-electron chi connectivity index (χ2n) is 10.1.